The van der Waals surface area contributed by atoms with Gasteiger partial charge in [0.15, 0.2) is 0 Å². The van der Waals surface area contributed by atoms with E-state index in [1.165, 1.54) is 0 Å². The van der Waals surface area contributed by atoms with E-state index in [4.69, 9.17) is 0 Å². The Balaban J connectivity index is 2.08. The molecule has 1 saturated heterocycles. The highest BCUT2D eigenvalue weighted by Crippen LogP contribution is 2.41. The molecule has 0 aliphatic carbocycles. The fourth-order valence-electron chi connectivity index (χ4n) is 1.84. The molecular formula is C12H13F3N2O2. The summed E-state index contributed by atoms with van der Waals surface area (Å²) in [4.78, 5) is 11.4. The Kier molecular flexibility index (Phi) is 3.66. The number of carbonyl (C=O) groups excluding carboxylic acids is 1. The van der Waals surface area contributed by atoms with Crippen molar-refractivity contribution in [1.82, 2.24) is 10.0 Å². The van der Waals surface area contributed by atoms with Crippen molar-refractivity contribution in [3.8, 4) is 0 Å². The first kappa shape index (κ1) is 13.7. The van der Waals surface area contributed by atoms with E-state index in [1.54, 1.807) is 37.3 Å². The standard InChI is InChI=1S/C12H13F3N2O2/c1-2-19-11(18)17-10(12(13,14)15)16(17)8-9-6-4-3-5-7-9/h3-7,10H,2,8H2,1H3. The van der Waals surface area contributed by atoms with Gasteiger partial charge in [0, 0.05) is 6.54 Å². The van der Waals surface area contributed by atoms with Gasteiger partial charge in [0.25, 0.3) is 0 Å². The summed E-state index contributed by atoms with van der Waals surface area (Å²) in [6.45, 7) is 1.61. The lowest BCUT2D eigenvalue weighted by atomic mass is 10.2. The van der Waals surface area contributed by atoms with Crippen LogP contribution in [0.4, 0.5) is 18.0 Å². The minimum absolute atomic E-state index is 0.0177. The normalized spacial score (nSPS) is 22.2. The average Bonchev–Trinajstić information content (AvgIpc) is 3.05. The van der Waals surface area contributed by atoms with E-state index in [2.05, 4.69) is 4.74 Å². The molecule has 104 valence electrons. The van der Waals surface area contributed by atoms with E-state index < -0.39 is 18.4 Å². The molecule has 0 radical (unpaired) electrons. The van der Waals surface area contributed by atoms with Crippen molar-refractivity contribution in [1.29, 1.82) is 0 Å². The highest BCUT2D eigenvalue weighted by Gasteiger charge is 2.64. The number of hydrogen-bond acceptors (Lipinski definition) is 3. The number of hydrogen-bond donors (Lipinski definition) is 0. The molecule has 1 heterocycles. The third-order valence-corrected chi connectivity index (χ3v) is 2.67. The van der Waals surface area contributed by atoms with E-state index in [0.29, 0.717) is 10.6 Å². The molecule has 1 aliphatic rings. The molecule has 19 heavy (non-hydrogen) atoms. The molecule has 2 rings (SSSR count). The Morgan fingerprint density at radius 1 is 1.32 bits per heavy atom. The van der Waals surface area contributed by atoms with Crippen LogP contribution in [0.1, 0.15) is 12.5 Å². The Hall–Kier alpha value is -1.76. The summed E-state index contributed by atoms with van der Waals surface area (Å²) >= 11 is 0. The van der Waals surface area contributed by atoms with Gasteiger partial charge in [0.05, 0.1) is 6.61 Å². The third kappa shape index (κ3) is 2.98. The van der Waals surface area contributed by atoms with Gasteiger partial charge < -0.3 is 4.74 Å². The number of rotatable bonds is 3. The van der Waals surface area contributed by atoms with Crippen LogP contribution in [0, 0.1) is 0 Å². The zero-order valence-corrected chi connectivity index (χ0v) is 10.2. The van der Waals surface area contributed by atoms with E-state index in [1.807, 2.05) is 0 Å². The van der Waals surface area contributed by atoms with Gasteiger partial charge in [-0.1, -0.05) is 30.3 Å². The van der Waals surface area contributed by atoms with Crippen LogP contribution in [-0.4, -0.2) is 35.1 Å². The lowest BCUT2D eigenvalue weighted by molar-refractivity contribution is -0.141. The van der Waals surface area contributed by atoms with Crippen molar-refractivity contribution in [2.45, 2.75) is 25.8 Å². The fraction of sp³-hybridized carbons (Fsp3) is 0.417. The van der Waals surface area contributed by atoms with Gasteiger partial charge in [-0.3, -0.25) is 0 Å². The van der Waals surface area contributed by atoms with E-state index in [0.717, 1.165) is 5.01 Å². The lowest BCUT2D eigenvalue weighted by Gasteiger charge is -2.04. The number of carbonyl (C=O) groups is 1. The number of amides is 1. The molecule has 1 aliphatic heterocycles. The van der Waals surface area contributed by atoms with Crippen molar-refractivity contribution in [3.05, 3.63) is 35.9 Å². The maximum absolute atomic E-state index is 12.8. The summed E-state index contributed by atoms with van der Waals surface area (Å²) in [6, 6.07) is 8.65. The van der Waals surface area contributed by atoms with Gasteiger partial charge in [-0.05, 0) is 12.5 Å². The number of halogens is 3. The monoisotopic (exact) mass is 274 g/mol. The molecule has 2 unspecified atom stereocenters. The molecule has 0 N–H and O–H groups in total. The highest BCUT2D eigenvalue weighted by atomic mass is 19.4. The van der Waals surface area contributed by atoms with Crippen LogP contribution >= 0.6 is 0 Å². The van der Waals surface area contributed by atoms with Crippen molar-refractivity contribution in [2.75, 3.05) is 6.61 Å². The predicted octanol–water partition coefficient (Wildman–Crippen LogP) is 2.76. The SMILES string of the molecule is CCOC(=O)N1C(C(F)(F)F)N1Cc1ccccc1. The quantitative estimate of drug-likeness (QED) is 0.794. The van der Waals surface area contributed by atoms with Crippen molar-refractivity contribution >= 4 is 6.09 Å². The highest BCUT2D eigenvalue weighted by molar-refractivity contribution is 5.69. The topological polar surface area (TPSA) is 32.3 Å². The van der Waals surface area contributed by atoms with Crippen LogP contribution in [0.15, 0.2) is 30.3 Å². The first-order valence-electron chi connectivity index (χ1n) is 5.78. The maximum atomic E-state index is 12.8. The van der Waals surface area contributed by atoms with Crippen LogP contribution in [-0.2, 0) is 11.3 Å². The average molecular weight is 274 g/mol. The molecule has 0 saturated carbocycles. The predicted molar refractivity (Wildman–Crippen MR) is 60.7 cm³/mol. The van der Waals surface area contributed by atoms with Gasteiger partial charge in [0.2, 0.25) is 6.17 Å². The van der Waals surface area contributed by atoms with E-state index >= 15 is 0 Å². The molecule has 1 amide bonds. The van der Waals surface area contributed by atoms with Crippen molar-refractivity contribution in [2.24, 2.45) is 0 Å². The van der Waals surface area contributed by atoms with Crippen LogP contribution in [0.5, 0.6) is 0 Å². The molecule has 1 fully saturated rings. The fourth-order valence-corrected chi connectivity index (χ4v) is 1.84. The molecule has 1 aromatic rings. The summed E-state index contributed by atoms with van der Waals surface area (Å²) < 4.78 is 42.9. The second kappa shape index (κ2) is 5.08. The lowest BCUT2D eigenvalue weighted by Crippen LogP contribution is -2.25. The minimum Gasteiger partial charge on any atom is -0.449 e. The van der Waals surface area contributed by atoms with Crippen LogP contribution in [0.2, 0.25) is 0 Å². The summed E-state index contributed by atoms with van der Waals surface area (Å²) in [7, 11) is 0. The molecule has 7 heteroatoms. The molecule has 0 spiro atoms. The zero-order valence-electron chi connectivity index (χ0n) is 10.2. The first-order chi connectivity index (χ1) is 8.95. The maximum Gasteiger partial charge on any atom is 0.426 e. The van der Waals surface area contributed by atoms with Gasteiger partial charge in [-0.2, -0.15) is 18.2 Å². The Morgan fingerprint density at radius 3 is 2.47 bits per heavy atom. The second-order valence-corrected chi connectivity index (χ2v) is 4.04. The van der Waals surface area contributed by atoms with Crippen LogP contribution in [0.25, 0.3) is 0 Å². The minimum atomic E-state index is -4.48. The van der Waals surface area contributed by atoms with Crippen molar-refractivity contribution in [3.63, 3.8) is 0 Å². The smallest absolute Gasteiger partial charge is 0.426 e. The largest absolute Gasteiger partial charge is 0.449 e. The number of alkyl halides is 3. The first-order valence-corrected chi connectivity index (χ1v) is 5.78. The van der Waals surface area contributed by atoms with Gasteiger partial charge >= 0.3 is 12.3 Å². The summed E-state index contributed by atoms with van der Waals surface area (Å²) in [5, 5.41) is 1.53. The summed E-state index contributed by atoms with van der Waals surface area (Å²) in [5.41, 5.74) is 0.698. The number of ether oxygens (including phenoxy) is 1. The summed E-state index contributed by atoms with van der Waals surface area (Å²) in [5.74, 6) is 0. The van der Waals surface area contributed by atoms with E-state index in [9.17, 15) is 18.0 Å². The number of hydrazine groups is 1. The molecule has 4 nitrogen and oxygen atoms in total. The van der Waals surface area contributed by atoms with Crippen LogP contribution in [0.3, 0.4) is 0 Å². The summed E-state index contributed by atoms with van der Waals surface area (Å²) in [6.07, 6.45) is -7.35. The van der Waals surface area contributed by atoms with E-state index in [-0.39, 0.29) is 13.2 Å². The third-order valence-electron chi connectivity index (χ3n) is 2.67. The zero-order chi connectivity index (χ0) is 14.0. The van der Waals surface area contributed by atoms with Gasteiger partial charge in [0.1, 0.15) is 0 Å². The molecular weight excluding hydrogens is 261 g/mol. The van der Waals surface area contributed by atoms with Gasteiger partial charge in [-0.25, -0.2) is 9.80 Å². The molecule has 0 bridgehead atoms. The Morgan fingerprint density at radius 2 is 1.95 bits per heavy atom. The Labute approximate surface area is 108 Å². The van der Waals surface area contributed by atoms with Gasteiger partial charge in [-0.15, -0.1) is 0 Å². The molecule has 0 aromatic heterocycles. The van der Waals surface area contributed by atoms with Crippen molar-refractivity contribution < 1.29 is 22.7 Å². The molecule has 2 atom stereocenters. The second-order valence-electron chi connectivity index (χ2n) is 4.04. The number of nitrogens with zero attached hydrogens (tertiary/aromatic N) is 2. The number of benzene rings is 1. The Bertz CT molecular complexity index is 450. The van der Waals surface area contributed by atoms with Crippen LogP contribution < -0.4 is 0 Å². The molecule has 1 aromatic carbocycles.